The van der Waals surface area contributed by atoms with Crippen LogP contribution in [-0.2, 0) is 11.2 Å². The van der Waals surface area contributed by atoms with Crippen molar-refractivity contribution in [3.63, 3.8) is 0 Å². The van der Waals surface area contributed by atoms with E-state index < -0.39 is 0 Å². The lowest BCUT2D eigenvalue weighted by Crippen LogP contribution is -2.40. The Balaban J connectivity index is 1.49. The first-order valence-corrected chi connectivity index (χ1v) is 9.04. The van der Waals surface area contributed by atoms with Gasteiger partial charge in [0.2, 0.25) is 0 Å². The SMILES string of the molecule is CCOc1ccc([C@H]2CCCN2C(=O)[C@@H]2Cc3ccccc3O2)cc1. The summed E-state index contributed by atoms with van der Waals surface area (Å²) in [6.07, 6.45) is 2.31. The molecule has 0 saturated carbocycles. The van der Waals surface area contributed by atoms with Crippen molar-refractivity contribution in [3.05, 3.63) is 59.7 Å². The number of rotatable bonds is 4. The van der Waals surface area contributed by atoms with Gasteiger partial charge >= 0.3 is 0 Å². The number of benzene rings is 2. The Morgan fingerprint density at radius 2 is 2.00 bits per heavy atom. The van der Waals surface area contributed by atoms with Crippen LogP contribution in [0.4, 0.5) is 0 Å². The first-order valence-electron chi connectivity index (χ1n) is 9.04. The number of hydrogen-bond acceptors (Lipinski definition) is 3. The molecule has 0 aromatic heterocycles. The van der Waals surface area contributed by atoms with E-state index in [9.17, 15) is 4.79 Å². The minimum Gasteiger partial charge on any atom is -0.494 e. The Labute approximate surface area is 148 Å². The van der Waals surface area contributed by atoms with E-state index in [1.54, 1.807) is 0 Å². The normalized spacial score (nSPS) is 21.7. The maximum Gasteiger partial charge on any atom is 0.264 e. The van der Waals surface area contributed by atoms with Crippen LogP contribution in [-0.4, -0.2) is 30.1 Å². The van der Waals surface area contributed by atoms with Crippen LogP contribution in [0, 0.1) is 0 Å². The molecule has 0 unspecified atom stereocenters. The van der Waals surface area contributed by atoms with Gasteiger partial charge < -0.3 is 14.4 Å². The molecular formula is C21H23NO3. The monoisotopic (exact) mass is 337 g/mol. The van der Waals surface area contributed by atoms with Crippen LogP contribution in [0.3, 0.4) is 0 Å². The van der Waals surface area contributed by atoms with Crippen LogP contribution in [0.25, 0.3) is 0 Å². The molecule has 25 heavy (non-hydrogen) atoms. The molecule has 2 atom stereocenters. The molecule has 0 aliphatic carbocycles. The Morgan fingerprint density at radius 1 is 1.20 bits per heavy atom. The third kappa shape index (κ3) is 3.09. The topological polar surface area (TPSA) is 38.8 Å². The molecule has 1 fully saturated rings. The summed E-state index contributed by atoms with van der Waals surface area (Å²) in [7, 11) is 0. The number of likely N-dealkylation sites (tertiary alicyclic amines) is 1. The predicted molar refractivity (Wildman–Crippen MR) is 95.9 cm³/mol. The van der Waals surface area contributed by atoms with Crippen LogP contribution >= 0.6 is 0 Å². The average molecular weight is 337 g/mol. The molecular weight excluding hydrogens is 314 g/mol. The van der Waals surface area contributed by atoms with Crippen molar-refractivity contribution in [2.75, 3.05) is 13.2 Å². The Kier molecular flexibility index (Phi) is 4.35. The first kappa shape index (κ1) is 16.0. The van der Waals surface area contributed by atoms with Crippen molar-refractivity contribution in [2.24, 2.45) is 0 Å². The van der Waals surface area contributed by atoms with Gasteiger partial charge in [-0.1, -0.05) is 30.3 Å². The number of hydrogen-bond donors (Lipinski definition) is 0. The van der Waals surface area contributed by atoms with Gasteiger partial charge in [-0.3, -0.25) is 4.79 Å². The van der Waals surface area contributed by atoms with Crippen molar-refractivity contribution in [1.29, 1.82) is 0 Å². The molecule has 0 spiro atoms. The summed E-state index contributed by atoms with van der Waals surface area (Å²) >= 11 is 0. The Bertz CT molecular complexity index is 731. The van der Waals surface area contributed by atoms with Crippen LogP contribution in [0.1, 0.15) is 36.9 Å². The lowest BCUT2D eigenvalue weighted by atomic mass is 10.0. The van der Waals surface area contributed by atoms with Gasteiger partial charge in [-0.15, -0.1) is 0 Å². The first-order chi connectivity index (χ1) is 12.3. The van der Waals surface area contributed by atoms with Crippen molar-refractivity contribution < 1.29 is 14.3 Å². The molecule has 0 bridgehead atoms. The van der Waals surface area contributed by atoms with Crippen molar-refractivity contribution in [2.45, 2.75) is 38.3 Å². The number of amides is 1. The number of carbonyl (C=O) groups excluding carboxylic acids is 1. The van der Waals surface area contributed by atoms with E-state index in [4.69, 9.17) is 9.47 Å². The van der Waals surface area contributed by atoms with E-state index in [2.05, 4.69) is 12.1 Å². The maximum atomic E-state index is 13.0. The third-order valence-corrected chi connectivity index (χ3v) is 5.03. The summed E-state index contributed by atoms with van der Waals surface area (Å²) in [5, 5.41) is 0. The summed E-state index contributed by atoms with van der Waals surface area (Å²) in [5.74, 6) is 1.82. The second-order valence-corrected chi connectivity index (χ2v) is 6.61. The van der Waals surface area contributed by atoms with Crippen LogP contribution in [0.5, 0.6) is 11.5 Å². The number of carbonyl (C=O) groups is 1. The van der Waals surface area contributed by atoms with Gasteiger partial charge in [0.25, 0.3) is 5.91 Å². The van der Waals surface area contributed by atoms with E-state index in [0.717, 1.165) is 36.4 Å². The molecule has 2 heterocycles. The Morgan fingerprint density at radius 3 is 2.76 bits per heavy atom. The highest BCUT2D eigenvalue weighted by Crippen LogP contribution is 2.36. The standard InChI is InChI=1S/C21H23NO3/c1-2-24-17-11-9-15(10-12-17)18-7-5-13-22(18)21(23)20-14-16-6-3-4-8-19(16)25-20/h3-4,6,8-12,18,20H,2,5,7,13-14H2,1H3/t18-,20+/m1/s1. The zero-order valence-electron chi connectivity index (χ0n) is 14.5. The van der Waals surface area contributed by atoms with Gasteiger partial charge in [0.1, 0.15) is 11.5 Å². The smallest absolute Gasteiger partial charge is 0.264 e. The highest BCUT2D eigenvalue weighted by molar-refractivity contribution is 5.83. The number of nitrogens with zero attached hydrogens (tertiary/aromatic N) is 1. The van der Waals surface area contributed by atoms with Gasteiger partial charge in [0.15, 0.2) is 6.10 Å². The number of para-hydroxylation sites is 1. The molecule has 4 nitrogen and oxygen atoms in total. The third-order valence-electron chi connectivity index (χ3n) is 5.03. The highest BCUT2D eigenvalue weighted by Gasteiger charge is 2.37. The van der Waals surface area contributed by atoms with Crippen LogP contribution in [0.15, 0.2) is 48.5 Å². The lowest BCUT2D eigenvalue weighted by Gasteiger charge is -2.27. The summed E-state index contributed by atoms with van der Waals surface area (Å²) in [6.45, 7) is 3.44. The molecule has 4 rings (SSSR count). The van der Waals surface area contributed by atoms with E-state index in [1.165, 1.54) is 5.56 Å². The molecule has 2 aromatic carbocycles. The average Bonchev–Trinajstić information content (AvgIpc) is 3.29. The zero-order valence-corrected chi connectivity index (χ0v) is 14.5. The Hall–Kier alpha value is -2.49. The fraction of sp³-hybridized carbons (Fsp3) is 0.381. The van der Waals surface area contributed by atoms with Gasteiger partial charge in [0, 0.05) is 13.0 Å². The largest absolute Gasteiger partial charge is 0.494 e. The highest BCUT2D eigenvalue weighted by atomic mass is 16.5. The molecule has 0 N–H and O–H groups in total. The van der Waals surface area contributed by atoms with Crippen molar-refractivity contribution >= 4 is 5.91 Å². The van der Waals surface area contributed by atoms with Gasteiger partial charge in [-0.2, -0.15) is 0 Å². The van der Waals surface area contributed by atoms with Gasteiger partial charge in [-0.25, -0.2) is 0 Å². The summed E-state index contributed by atoms with van der Waals surface area (Å²) < 4.78 is 11.4. The molecule has 0 radical (unpaired) electrons. The molecule has 1 saturated heterocycles. The quantitative estimate of drug-likeness (QED) is 0.853. The minimum atomic E-state index is -0.388. The second-order valence-electron chi connectivity index (χ2n) is 6.61. The summed E-state index contributed by atoms with van der Waals surface area (Å²) in [4.78, 5) is 15.0. The van der Waals surface area contributed by atoms with E-state index >= 15 is 0 Å². The fourth-order valence-corrected chi connectivity index (χ4v) is 3.83. The van der Waals surface area contributed by atoms with Crippen LogP contribution < -0.4 is 9.47 Å². The number of fused-ring (bicyclic) bond motifs is 1. The zero-order chi connectivity index (χ0) is 17.2. The fourth-order valence-electron chi connectivity index (χ4n) is 3.83. The second kappa shape index (κ2) is 6.79. The molecule has 2 aliphatic rings. The van der Waals surface area contributed by atoms with E-state index in [-0.39, 0.29) is 18.1 Å². The minimum absolute atomic E-state index is 0.104. The predicted octanol–water partition coefficient (Wildman–Crippen LogP) is 3.75. The summed E-state index contributed by atoms with van der Waals surface area (Å²) in [6, 6.07) is 16.2. The molecule has 2 aromatic rings. The van der Waals surface area contributed by atoms with E-state index in [0.29, 0.717) is 13.0 Å². The van der Waals surface area contributed by atoms with Gasteiger partial charge in [-0.05, 0) is 49.1 Å². The maximum absolute atomic E-state index is 13.0. The molecule has 2 aliphatic heterocycles. The molecule has 4 heteroatoms. The number of ether oxygens (including phenoxy) is 2. The lowest BCUT2D eigenvalue weighted by molar-refractivity contribution is -0.138. The van der Waals surface area contributed by atoms with Crippen LogP contribution in [0.2, 0.25) is 0 Å². The van der Waals surface area contributed by atoms with Crippen molar-refractivity contribution in [1.82, 2.24) is 4.90 Å². The molecule has 1 amide bonds. The van der Waals surface area contributed by atoms with E-state index in [1.807, 2.05) is 48.2 Å². The molecule has 130 valence electrons. The van der Waals surface area contributed by atoms with Gasteiger partial charge in [0.05, 0.1) is 12.6 Å². The summed E-state index contributed by atoms with van der Waals surface area (Å²) in [5.41, 5.74) is 2.29. The van der Waals surface area contributed by atoms with Crippen molar-refractivity contribution in [3.8, 4) is 11.5 Å².